The molecule has 1 aromatic carbocycles. The van der Waals surface area contributed by atoms with Crippen molar-refractivity contribution in [1.82, 2.24) is 29.7 Å². The van der Waals surface area contributed by atoms with E-state index in [1.807, 2.05) is 0 Å². The molecule has 4 heterocycles. The molecule has 0 N–H and O–H groups in total. The van der Waals surface area contributed by atoms with Crippen molar-refractivity contribution < 1.29 is 18.4 Å². The SMILES string of the molecule is Cc1nc(-c2ccn(-c3ccc(N4C[C@H](Cn5ccnn5)OC4=O)cc3F)c2)no1. The first-order valence-corrected chi connectivity index (χ1v) is 9.18. The Kier molecular flexibility index (Phi) is 4.27. The average molecular weight is 409 g/mol. The van der Waals surface area contributed by atoms with Gasteiger partial charge in [0.1, 0.15) is 11.9 Å². The molecule has 1 amide bonds. The fourth-order valence-corrected chi connectivity index (χ4v) is 3.33. The van der Waals surface area contributed by atoms with E-state index in [0.717, 1.165) is 0 Å². The summed E-state index contributed by atoms with van der Waals surface area (Å²) in [4.78, 5) is 17.8. The van der Waals surface area contributed by atoms with E-state index in [9.17, 15) is 9.18 Å². The second-order valence-electron chi connectivity index (χ2n) is 6.82. The second kappa shape index (κ2) is 7.10. The van der Waals surface area contributed by atoms with Gasteiger partial charge in [0.2, 0.25) is 11.7 Å². The van der Waals surface area contributed by atoms with E-state index >= 15 is 0 Å². The van der Waals surface area contributed by atoms with Gasteiger partial charge in [-0.1, -0.05) is 10.4 Å². The van der Waals surface area contributed by atoms with Crippen molar-refractivity contribution in [3.63, 3.8) is 0 Å². The van der Waals surface area contributed by atoms with Crippen LogP contribution in [0.1, 0.15) is 5.89 Å². The lowest BCUT2D eigenvalue weighted by atomic mass is 10.2. The molecular formula is C19H16FN7O3. The average Bonchev–Trinajstić information content (AvgIpc) is 3.50. The Morgan fingerprint density at radius 1 is 1.27 bits per heavy atom. The van der Waals surface area contributed by atoms with Gasteiger partial charge in [0.05, 0.1) is 30.7 Å². The molecule has 0 saturated carbocycles. The molecule has 4 aromatic rings. The summed E-state index contributed by atoms with van der Waals surface area (Å²) in [5, 5.41) is 11.5. The fraction of sp³-hybridized carbons (Fsp3) is 0.211. The van der Waals surface area contributed by atoms with E-state index in [1.165, 1.54) is 11.0 Å². The number of aryl methyl sites for hydroxylation is 1. The zero-order valence-electron chi connectivity index (χ0n) is 15.8. The minimum Gasteiger partial charge on any atom is -0.442 e. The summed E-state index contributed by atoms with van der Waals surface area (Å²) in [6, 6.07) is 6.36. The first-order valence-electron chi connectivity index (χ1n) is 9.18. The molecule has 1 aliphatic heterocycles. The van der Waals surface area contributed by atoms with Crippen molar-refractivity contribution in [3.05, 3.63) is 60.8 Å². The third-order valence-corrected chi connectivity index (χ3v) is 4.74. The zero-order valence-corrected chi connectivity index (χ0v) is 15.8. The molecule has 0 unspecified atom stereocenters. The molecule has 5 rings (SSSR count). The molecule has 0 radical (unpaired) electrons. The van der Waals surface area contributed by atoms with Crippen molar-refractivity contribution in [2.75, 3.05) is 11.4 Å². The Labute approximate surface area is 169 Å². The van der Waals surface area contributed by atoms with Crippen LogP contribution >= 0.6 is 0 Å². The maximum absolute atomic E-state index is 14.9. The third kappa shape index (κ3) is 3.30. The summed E-state index contributed by atoms with van der Waals surface area (Å²) in [6.45, 7) is 2.37. The van der Waals surface area contributed by atoms with Gasteiger partial charge in [0.15, 0.2) is 0 Å². The number of halogens is 1. The number of nitrogens with zero attached hydrogens (tertiary/aromatic N) is 7. The molecule has 1 fully saturated rings. The van der Waals surface area contributed by atoms with Crippen LogP contribution in [0.3, 0.4) is 0 Å². The lowest BCUT2D eigenvalue weighted by Gasteiger charge is -2.14. The number of anilines is 1. The van der Waals surface area contributed by atoms with Gasteiger partial charge in [-0.3, -0.25) is 4.90 Å². The topological polar surface area (TPSA) is 104 Å². The monoisotopic (exact) mass is 409 g/mol. The molecular weight excluding hydrogens is 393 g/mol. The van der Waals surface area contributed by atoms with Gasteiger partial charge in [0, 0.05) is 31.1 Å². The highest BCUT2D eigenvalue weighted by Gasteiger charge is 2.33. The number of benzene rings is 1. The molecule has 0 aliphatic carbocycles. The minimum atomic E-state index is -0.525. The minimum absolute atomic E-state index is 0.294. The third-order valence-electron chi connectivity index (χ3n) is 4.74. The van der Waals surface area contributed by atoms with Gasteiger partial charge in [-0.15, -0.1) is 5.10 Å². The molecule has 11 heteroatoms. The predicted octanol–water partition coefficient (Wildman–Crippen LogP) is 2.59. The summed E-state index contributed by atoms with van der Waals surface area (Å²) in [7, 11) is 0. The molecule has 1 saturated heterocycles. The number of carbonyl (C=O) groups excluding carboxylic acids is 1. The molecule has 30 heavy (non-hydrogen) atoms. The molecule has 152 valence electrons. The van der Waals surface area contributed by atoms with Crippen LogP contribution in [0.25, 0.3) is 17.1 Å². The van der Waals surface area contributed by atoms with Gasteiger partial charge >= 0.3 is 6.09 Å². The van der Waals surface area contributed by atoms with Gasteiger partial charge in [-0.2, -0.15) is 4.98 Å². The summed E-state index contributed by atoms with van der Waals surface area (Å²) in [6.07, 6.45) is 5.73. The molecule has 0 bridgehead atoms. The van der Waals surface area contributed by atoms with E-state index in [4.69, 9.17) is 9.26 Å². The maximum atomic E-state index is 14.9. The zero-order chi connectivity index (χ0) is 20.7. The highest BCUT2D eigenvalue weighted by Crippen LogP contribution is 2.27. The van der Waals surface area contributed by atoms with Crippen molar-refractivity contribution in [3.8, 4) is 17.1 Å². The molecule has 3 aromatic heterocycles. The standard InChI is InChI=1S/C19H16FN7O3/c1-12-22-18(23-30-12)13-4-6-25(9-13)17-3-2-14(8-16(17)20)27-11-15(29-19(27)28)10-26-7-5-21-24-26/h2-9,15H,10-11H2,1H3/t15-/m0/s1. The lowest BCUT2D eigenvalue weighted by Crippen LogP contribution is -2.26. The number of hydrogen-bond donors (Lipinski definition) is 0. The number of rotatable bonds is 5. The van der Waals surface area contributed by atoms with Gasteiger partial charge in [-0.25, -0.2) is 13.9 Å². The predicted molar refractivity (Wildman–Crippen MR) is 101 cm³/mol. The second-order valence-corrected chi connectivity index (χ2v) is 6.82. The molecule has 10 nitrogen and oxygen atoms in total. The highest BCUT2D eigenvalue weighted by atomic mass is 19.1. The number of amides is 1. The van der Waals surface area contributed by atoms with Crippen molar-refractivity contribution in [2.45, 2.75) is 19.6 Å². The number of cyclic esters (lactones) is 1. The van der Waals surface area contributed by atoms with Crippen LogP contribution in [0.4, 0.5) is 14.9 Å². The van der Waals surface area contributed by atoms with E-state index in [2.05, 4.69) is 20.5 Å². The van der Waals surface area contributed by atoms with E-state index in [0.29, 0.717) is 41.7 Å². The highest BCUT2D eigenvalue weighted by molar-refractivity contribution is 5.89. The molecule has 1 atom stereocenters. The van der Waals surface area contributed by atoms with Crippen LogP contribution in [0.2, 0.25) is 0 Å². The van der Waals surface area contributed by atoms with E-state index in [1.54, 1.807) is 59.2 Å². The maximum Gasteiger partial charge on any atom is 0.414 e. The van der Waals surface area contributed by atoms with Crippen LogP contribution in [-0.2, 0) is 11.3 Å². The van der Waals surface area contributed by atoms with Crippen LogP contribution in [0.5, 0.6) is 0 Å². The summed E-state index contributed by atoms with van der Waals surface area (Å²) in [5.41, 5.74) is 1.45. The summed E-state index contributed by atoms with van der Waals surface area (Å²) >= 11 is 0. The van der Waals surface area contributed by atoms with Crippen LogP contribution in [0.15, 0.2) is 53.6 Å². The summed E-state index contributed by atoms with van der Waals surface area (Å²) < 4.78 is 28.4. The summed E-state index contributed by atoms with van der Waals surface area (Å²) in [5.74, 6) is 0.404. The van der Waals surface area contributed by atoms with Gasteiger partial charge in [0.25, 0.3) is 0 Å². The van der Waals surface area contributed by atoms with Crippen molar-refractivity contribution in [1.29, 1.82) is 0 Å². The fourth-order valence-electron chi connectivity index (χ4n) is 3.33. The van der Waals surface area contributed by atoms with Crippen molar-refractivity contribution >= 4 is 11.8 Å². The van der Waals surface area contributed by atoms with E-state index < -0.39 is 18.0 Å². The quantitative estimate of drug-likeness (QED) is 0.499. The van der Waals surface area contributed by atoms with Crippen LogP contribution in [0, 0.1) is 12.7 Å². The smallest absolute Gasteiger partial charge is 0.414 e. The number of aromatic nitrogens is 6. The Morgan fingerprint density at radius 3 is 2.90 bits per heavy atom. The van der Waals surface area contributed by atoms with Crippen molar-refractivity contribution in [2.24, 2.45) is 0 Å². The first kappa shape index (κ1) is 18.0. The van der Waals surface area contributed by atoms with Crippen LogP contribution < -0.4 is 4.90 Å². The number of hydrogen-bond acceptors (Lipinski definition) is 7. The number of carbonyl (C=O) groups is 1. The van der Waals surface area contributed by atoms with Gasteiger partial charge < -0.3 is 13.8 Å². The largest absolute Gasteiger partial charge is 0.442 e. The van der Waals surface area contributed by atoms with E-state index in [-0.39, 0.29) is 0 Å². The Bertz CT molecular complexity index is 1200. The molecule has 0 spiro atoms. The Balaban J connectivity index is 1.35. The Morgan fingerprint density at radius 2 is 2.17 bits per heavy atom. The van der Waals surface area contributed by atoms with Gasteiger partial charge in [-0.05, 0) is 24.3 Å². The Hall–Kier alpha value is -4.02. The molecule has 1 aliphatic rings. The normalized spacial score (nSPS) is 16.3. The lowest BCUT2D eigenvalue weighted by molar-refractivity contribution is 0.129. The first-order chi connectivity index (χ1) is 14.6. The van der Waals surface area contributed by atoms with Crippen LogP contribution in [-0.4, -0.2) is 48.4 Å². The number of ether oxygens (including phenoxy) is 1.